The van der Waals surface area contributed by atoms with Gasteiger partial charge in [0.2, 0.25) is 0 Å². The van der Waals surface area contributed by atoms with Gasteiger partial charge in [-0.05, 0) is 30.2 Å². The van der Waals surface area contributed by atoms with Crippen molar-refractivity contribution in [2.45, 2.75) is 18.7 Å². The summed E-state index contributed by atoms with van der Waals surface area (Å²) in [6, 6.07) is 5.93. The summed E-state index contributed by atoms with van der Waals surface area (Å²) < 4.78 is 39.4. The maximum atomic E-state index is 11.6. The zero-order chi connectivity index (χ0) is 12.2. The molecule has 16 heavy (non-hydrogen) atoms. The van der Waals surface area contributed by atoms with E-state index in [1.165, 1.54) is 12.1 Å². The van der Waals surface area contributed by atoms with Crippen LogP contribution in [0.25, 0.3) is 0 Å². The van der Waals surface area contributed by atoms with Crippen LogP contribution in [0.2, 0.25) is 0 Å². The summed E-state index contributed by atoms with van der Waals surface area (Å²) in [5.74, 6) is 0.154. The highest BCUT2D eigenvalue weighted by Gasteiger charge is 2.15. The Morgan fingerprint density at radius 2 is 1.81 bits per heavy atom. The third kappa shape index (κ3) is 3.91. The lowest BCUT2D eigenvalue weighted by molar-refractivity contribution is 0.275. The SMILES string of the molecule is CC(C)COS(=O)(=O)c1ccc(I=O)cc1. The fourth-order valence-corrected chi connectivity index (χ4v) is 2.66. The van der Waals surface area contributed by atoms with E-state index in [4.69, 9.17) is 4.18 Å². The topological polar surface area (TPSA) is 60.4 Å². The molecule has 0 aliphatic rings. The van der Waals surface area contributed by atoms with Crippen molar-refractivity contribution in [2.24, 2.45) is 5.92 Å². The lowest BCUT2D eigenvalue weighted by Gasteiger charge is -2.07. The van der Waals surface area contributed by atoms with Gasteiger partial charge < -0.3 is 0 Å². The second-order valence-electron chi connectivity index (χ2n) is 3.66. The van der Waals surface area contributed by atoms with E-state index >= 15 is 0 Å². The Morgan fingerprint density at radius 3 is 2.25 bits per heavy atom. The summed E-state index contributed by atoms with van der Waals surface area (Å²) >= 11 is -1.24. The fraction of sp³-hybridized carbons (Fsp3) is 0.400. The van der Waals surface area contributed by atoms with E-state index in [9.17, 15) is 11.5 Å². The first-order chi connectivity index (χ1) is 7.45. The highest BCUT2D eigenvalue weighted by Crippen LogP contribution is 2.17. The minimum Gasteiger partial charge on any atom is -0.266 e. The Hall–Kier alpha value is -0.340. The van der Waals surface area contributed by atoms with E-state index in [2.05, 4.69) is 0 Å². The van der Waals surface area contributed by atoms with Gasteiger partial charge in [0.15, 0.2) is 21.2 Å². The summed E-state index contributed by atoms with van der Waals surface area (Å²) in [7, 11) is -3.67. The third-order valence-electron chi connectivity index (χ3n) is 1.75. The van der Waals surface area contributed by atoms with E-state index in [0.717, 1.165) is 0 Å². The van der Waals surface area contributed by atoms with Gasteiger partial charge in [-0.15, -0.1) is 0 Å². The van der Waals surface area contributed by atoms with Crippen molar-refractivity contribution in [1.82, 2.24) is 0 Å². The lowest BCUT2D eigenvalue weighted by Crippen LogP contribution is -2.10. The van der Waals surface area contributed by atoms with Crippen molar-refractivity contribution >= 4 is 31.3 Å². The molecule has 0 saturated heterocycles. The molecule has 0 aliphatic carbocycles. The minimum absolute atomic E-state index is 0.106. The molecule has 1 rings (SSSR count). The van der Waals surface area contributed by atoms with Crippen molar-refractivity contribution in [1.29, 1.82) is 0 Å². The van der Waals surface area contributed by atoms with Gasteiger partial charge in [-0.25, -0.2) is 0 Å². The van der Waals surface area contributed by atoms with Crippen molar-refractivity contribution in [3.8, 4) is 0 Å². The summed E-state index contributed by atoms with van der Waals surface area (Å²) in [4.78, 5) is 0.106. The van der Waals surface area contributed by atoms with Crippen LogP contribution in [-0.4, -0.2) is 15.0 Å². The molecule has 0 fully saturated rings. The molecule has 4 nitrogen and oxygen atoms in total. The molecule has 0 aromatic heterocycles. The van der Waals surface area contributed by atoms with Gasteiger partial charge in [-0.1, -0.05) is 13.8 Å². The molecule has 0 aliphatic heterocycles. The maximum Gasteiger partial charge on any atom is 0.296 e. The smallest absolute Gasteiger partial charge is 0.266 e. The number of benzene rings is 1. The van der Waals surface area contributed by atoms with Crippen molar-refractivity contribution in [2.75, 3.05) is 6.61 Å². The predicted molar refractivity (Wildman–Crippen MR) is 67.8 cm³/mol. The van der Waals surface area contributed by atoms with Crippen LogP contribution < -0.4 is 0 Å². The van der Waals surface area contributed by atoms with E-state index in [1.807, 2.05) is 13.8 Å². The molecule has 90 valence electrons. The van der Waals surface area contributed by atoms with Crippen LogP contribution in [0.4, 0.5) is 0 Å². The zero-order valence-electron chi connectivity index (χ0n) is 9.01. The van der Waals surface area contributed by atoms with Gasteiger partial charge >= 0.3 is 0 Å². The fourth-order valence-electron chi connectivity index (χ4n) is 0.946. The Labute approximate surface area is 106 Å². The molecule has 0 atom stereocenters. The molecule has 0 N–H and O–H groups in total. The standard InChI is InChI=1S/C10H13IO4S/c1-8(2)7-15-16(13,14)10-5-3-9(11-12)4-6-10/h3-6,8H,7H2,1-2H3. The minimum atomic E-state index is -3.67. The van der Waals surface area contributed by atoms with Gasteiger partial charge in [-0.3, -0.25) is 7.25 Å². The van der Waals surface area contributed by atoms with Crippen LogP contribution in [0.5, 0.6) is 0 Å². The molecule has 0 heterocycles. The number of halogens is 1. The zero-order valence-corrected chi connectivity index (χ0v) is 12.0. The van der Waals surface area contributed by atoms with Crippen LogP contribution in [0.15, 0.2) is 29.2 Å². The van der Waals surface area contributed by atoms with Crippen molar-refractivity contribution < 1.29 is 15.7 Å². The second-order valence-corrected chi connectivity index (χ2v) is 6.96. The van der Waals surface area contributed by atoms with E-state index in [-0.39, 0.29) is 17.4 Å². The molecule has 0 bridgehead atoms. The highest BCUT2D eigenvalue weighted by atomic mass is 127. The van der Waals surface area contributed by atoms with Crippen LogP contribution in [0.3, 0.4) is 0 Å². The molecule has 6 heteroatoms. The number of rotatable bonds is 5. The van der Waals surface area contributed by atoms with Gasteiger partial charge in [0.1, 0.15) is 0 Å². The summed E-state index contributed by atoms with van der Waals surface area (Å²) in [6.45, 7) is 3.92. The summed E-state index contributed by atoms with van der Waals surface area (Å²) in [6.07, 6.45) is 0. The van der Waals surface area contributed by atoms with Gasteiger partial charge in [0, 0.05) is 3.57 Å². The van der Waals surface area contributed by atoms with E-state index in [0.29, 0.717) is 3.57 Å². The Morgan fingerprint density at radius 1 is 1.25 bits per heavy atom. The summed E-state index contributed by atoms with van der Waals surface area (Å²) in [5, 5.41) is 0. The number of hydrogen-bond donors (Lipinski definition) is 0. The van der Waals surface area contributed by atoms with Gasteiger partial charge in [0.05, 0.1) is 11.5 Å². The highest BCUT2D eigenvalue weighted by molar-refractivity contribution is 14.1. The largest absolute Gasteiger partial charge is 0.296 e. The molecular weight excluding hydrogens is 343 g/mol. The summed E-state index contributed by atoms with van der Waals surface area (Å²) in [5.41, 5.74) is 0. The van der Waals surface area contributed by atoms with Crippen molar-refractivity contribution in [3.63, 3.8) is 0 Å². The predicted octanol–water partition coefficient (Wildman–Crippen LogP) is 2.53. The van der Waals surface area contributed by atoms with E-state index < -0.39 is 31.3 Å². The first-order valence-corrected chi connectivity index (χ1v) is 8.09. The second kappa shape index (κ2) is 5.83. The Bertz CT molecular complexity index is 450. The molecule has 1 aromatic carbocycles. The Balaban J connectivity index is 2.85. The molecular formula is C10H13IO4S. The molecule has 0 spiro atoms. The lowest BCUT2D eigenvalue weighted by atomic mass is 10.2. The van der Waals surface area contributed by atoms with Crippen LogP contribution in [-0.2, 0) is 17.4 Å². The monoisotopic (exact) mass is 356 g/mol. The van der Waals surface area contributed by atoms with Crippen LogP contribution in [0.1, 0.15) is 13.8 Å². The maximum absolute atomic E-state index is 11.6. The quantitative estimate of drug-likeness (QED) is 0.601. The Kier molecular flexibility index (Phi) is 5.00. The molecule has 0 saturated carbocycles. The molecule has 0 radical (unpaired) electrons. The molecule has 1 aromatic rings. The first kappa shape index (κ1) is 13.7. The number of hydrogen-bond acceptors (Lipinski definition) is 4. The normalized spacial score (nSPS) is 11.9. The first-order valence-electron chi connectivity index (χ1n) is 4.72. The average Bonchev–Trinajstić information content (AvgIpc) is 2.27. The average molecular weight is 356 g/mol. The molecule has 0 amide bonds. The van der Waals surface area contributed by atoms with E-state index in [1.54, 1.807) is 12.1 Å². The van der Waals surface area contributed by atoms with Crippen LogP contribution in [0, 0.1) is 9.49 Å². The van der Waals surface area contributed by atoms with Gasteiger partial charge in [-0.2, -0.15) is 8.42 Å². The molecule has 0 unspecified atom stereocenters. The van der Waals surface area contributed by atoms with Crippen molar-refractivity contribution in [3.05, 3.63) is 27.8 Å². The van der Waals surface area contributed by atoms with Crippen LogP contribution >= 0.6 is 21.2 Å². The van der Waals surface area contributed by atoms with Gasteiger partial charge in [0.25, 0.3) is 10.1 Å². The third-order valence-corrected chi connectivity index (χ3v) is 4.27.